The highest BCUT2D eigenvalue weighted by Crippen LogP contribution is 2.29. The molecule has 3 heterocycles. The molecule has 0 bridgehead atoms. The molecule has 1 aromatic heterocycles. The first-order valence-corrected chi connectivity index (χ1v) is 10.6. The summed E-state index contributed by atoms with van der Waals surface area (Å²) < 4.78 is 28.8. The predicted molar refractivity (Wildman–Crippen MR) is 106 cm³/mol. The van der Waals surface area contributed by atoms with Gasteiger partial charge in [-0.15, -0.1) is 4.40 Å². The number of amidine groups is 1. The molecule has 0 unspecified atom stereocenters. The molecular weight excluding hydrogens is 386 g/mol. The Morgan fingerprint density at radius 1 is 1.04 bits per heavy atom. The van der Waals surface area contributed by atoms with Crippen molar-refractivity contribution in [2.45, 2.75) is 11.4 Å². The smallest absolute Gasteiger partial charge is 0.286 e. The molecule has 0 saturated carbocycles. The largest absolute Gasteiger partial charge is 0.341 e. The van der Waals surface area contributed by atoms with Gasteiger partial charge >= 0.3 is 0 Å². The maximum Gasteiger partial charge on any atom is 0.286 e. The van der Waals surface area contributed by atoms with E-state index >= 15 is 0 Å². The van der Waals surface area contributed by atoms with E-state index in [1.807, 2.05) is 24.4 Å². The number of nitrogens with one attached hydrogen (secondary N) is 1. The van der Waals surface area contributed by atoms with Crippen molar-refractivity contribution in [2.75, 3.05) is 38.0 Å². The number of sulfonamides is 1. The van der Waals surface area contributed by atoms with Crippen LogP contribution in [0.25, 0.3) is 0 Å². The molecule has 1 N–H and O–H groups in total. The van der Waals surface area contributed by atoms with E-state index in [1.54, 1.807) is 12.1 Å². The van der Waals surface area contributed by atoms with Gasteiger partial charge in [-0.25, -0.2) is 0 Å². The van der Waals surface area contributed by atoms with E-state index < -0.39 is 10.0 Å². The van der Waals surface area contributed by atoms with Crippen LogP contribution in [0.4, 0.5) is 5.69 Å². The molecule has 1 aromatic carbocycles. The van der Waals surface area contributed by atoms with Gasteiger partial charge in [0.1, 0.15) is 10.7 Å². The van der Waals surface area contributed by atoms with Crippen LogP contribution in [-0.2, 0) is 16.6 Å². The van der Waals surface area contributed by atoms with Crippen LogP contribution in [0.1, 0.15) is 5.69 Å². The molecule has 0 radical (unpaired) electrons. The van der Waals surface area contributed by atoms with Crippen molar-refractivity contribution < 1.29 is 8.42 Å². The van der Waals surface area contributed by atoms with Crippen LogP contribution in [0, 0.1) is 0 Å². The zero-order valence-corrected chi connectivity index (χ0v) is 16.2. The highest BCUT2D eigenvalue weighted by atomic mass is 35.5. The normalized spacial score (nSPS) is 19.8. The number of aromatic nitrogens is 1. The maximum atomic E-state index is 12.4. The Balaban J connectivity index is 1.37. The molecule has 7 nitrogen and oxygen atoms in total. The average Bonchev–Trinajstić information content (AvgIpc) is 2.65. The number of hydrogen-bond donors (Lipinski definition) is 1. The van der Waals surface area contributed by atoms with Crippen LogP contribution in [0.15, 0.2) is 51.9 Å². The Labute approximate surface area is 163 Å². The summed E-state index contributed by atoms with van der Waals surface area (Å²) in [4.78, 5) is 9.05. The van der Waals surface area contributed by atoms with Crippen molar-refractivity contribution in [3.8, 4) is 0 Å². The molecule has 2 aromatic rings. The molecule has 2 aliphatic heterocycles. The number of halogens is 1. The number of hydrogen-bond acceptors (Lipinski definition) is 6. The summed E-state index contributed by atoms with van der Waals surface area (Å²) in [5.74, 6) is 0.447. The summed E-state index contributed by atoms with van der Waals surface area (Å²) in [6.45, 7) is 4.81. The van der Waals surface area contributed by atoms with E-state index in [4.69, 9.17) is 11.6 Å². The lowest BCUT2D eigenvalue weighted by Crippen LogP contribution is -2.48. The SMILES string of the molecule is O=S1(=O)N=C(CN2CCN(Cc3ccccn3)CC2)Nc2ccc(Cl)cc21. The summed E-state index contributed by atoms with van der Waals surface area (Å²) in [5.41, 5.74) is 1.59. The Morgan fingerprint density at radius 3 is 2.48 bits per heavy atom. The van der Waals surface area contributed by atoms with Crippen LogP contribution in [0.5, 0.6) is 0 Å². The van der Waals surface area contributed by atoms with Crippen LogP contribution in [0.2, 0.25) is 5.02 Å². The maximum absolute atomic E-state index is 12.4. The average molecular weight is 406 g/mol. The summed E-state index contributed by atoms with van der Waals surface area (Å²) in [5, 5.41) is 3.50. The summed E-state index contributed by atoms with van der Waals surface area (Å²) in [6.07, 6.45) is 1.81. The van der Waals surface area contributed by atoms with Crippen molar-refractivity contribution in [3.63, 3.8) is 0 Å². The van der Waals surface area contributed by atoms with Crippen LogP contribution in [-0.4, -0.2) is 61.8 Å². The van der Waals surface area contributed by atoms with Gasteiger partial charge in [0.2, 0.25) is 0 Å². The lowest BCUT2D eigenvalue weighted by atomic mass is 10.2. The molecule has 27 heavy (non-hydrogen) atoms. The van der Waals surface area contributed by atoms with Crippen molar-refractivity contribution >= 4 is 33.1 Å². The fraction of sp³-hybridized carbons (Fsp3) is 0.333. The highest BCUT2D eigenvalue weighted by Gasteiger charge is 2.27. The Morgan fingerprint density at radius 2 is 1.78 bits per heavy atom. The molecule has 0 amide bonds. The van der Waals surface area contributed by atoms with Crippen molar-refractivity contribution in [2.24, 2.45) is 4.40 Å². The standard InChI is InChI=1S/C18H20ClN5O2S/c19-14-4-5-16-17(11-14)27(25,26)22-18(21-16)13-24-9-7-23(8-10-24)12-15-3-1-2-6-20-15/h1-6,11H,7-10,12-13H2,(H,21,22). The first-order chi connectivity index (χ1) is 13.0. The van der Waals surface area contributed by atoms with E-state index in [2.05, 4.69) is 24.5 Å². The van der Waals surface area contributed by atoms with Crippen LogP contribution in [0.3, 0.4) is 0 Å². The summed E-state index contributed by atoms with van der Waals surface area (Å²) in [7, 11) is -3.72. The zero-order valence-electron chi connectivity index (χ0n) is 14.7. The van der Waals surface area contributed by atoms with Crippen LogP contribution >= 0.6 is 11.6 Å². The third kappa shape index (κ3) is 4.30. The van der Waals surface area contributed by atoms with Gasteiger partial charge < -0.3 is 5.32 Å². The minimum Gasteiger partial charge on any atom is -0.341 e. The molecule has 1 saturated heterocycles. The van der Waals surface area contributed by atoms with Crippen molar-refractivity contribution in [1.82, 2.24) is 14.8 Å². The number of anilines is 1. The lowest BCUT2D eigenvalue weighted by molar-refractivity contribution is 0.139. The second-order valence-electron chi connectivity index (χ2n) is 6.65. The van der Waals surface area contributed by atoms with E-state index in [0.717, 1.165) is 38.4 Å². The third-order valence-electron chi connectivity index (χ3n) is 4.68. The van der Waals surface area contributed by atoms with Gasteiger partial charge in [0, 0.05) is 43.9 Å². The van der Waals surface area contributed by atoms with E-state index in [-0.39, 0.29) is 4.90 Å². The minimum atomic E-state index is -3.72. The van der Waals surface area contributed by atoms with E-state index in [9.17, 15) is 8.42 Å². The fourth-order valence-corrected chi connectivity index (χ4v) is 4.69. The number of piperazine rings is 1. The molecule has 9 heteroatoms. The topological polar surface area (TPSA) is 77.9 Å². The molecule has 0 spiro atoms. The van der Waals surface area contributed by atoms with Crippen molar-refractivity contribution in [3.05, 3.63) is 53.3 Å². The van der Waals surface area contributed by atoms with Gasteiger partial charge in [-0.1, -0.05) is 17.7 Å². The monoisotopic (exact) mass is 405 g/mol. The number of nitrogens with zero attached hydrogens (tertiary/aromatic N) is 4. The molecule has 0 aliphatic carbocycles. The molecular formula is C18H20ClN5O2S. The second-order valence-corrected chi connectivity index (χ2v) is 8.66. The van der Waals surface area contributed by atoms with Gasteiger partial charge in [0.05, 0.1) is 17.9 Å². The zero-order chi connectivity index (χ0) is 18.9. The Hall–Kier alpha value is -2.00. The highest BCUT2D eigenvalue weighted by molar-refractivity contribution is 7.90. The van der Waals surface area contributed by atoms with Gasteiger partial charge in [-0.05, 0) is 30.3 Å². The van der Waals surface area contributed by atoms with Gasteiger partial charge in [0.25, 0.3) is 10.0 Å². The van der Waals surface area contributed by atoms with Gasteiger partial charge in [0.15, 0.2) is 0 Å². The third-order valence-corrected chi connectivity index (χ3v) is 6.27. The minimum absolute atomic E-state index is 0.124. The first kappa shape index (κ1) is 18.4. The van der Waals surface area contributed by atoms with Crippen molar-refractivity contribution in [1.29, 1.82) is 0 Å². The van der Waals surface area contributed by atoms with Gasteiger partial charge in [-0.3, -0.25) is 14.8 Å². The number of pyridine rings is 1. The number of benzene rings is 1. The lowest BCUT2D eigenvalue weighted by Gasteiger charge is -2.35. The Bertz CT molecular complexity index is 957. The predicted octanol–water partition coefficient (Wildman–Crippen LogP) is 2.07. The summed E-state index contributed by atoms with van der Waals surface area (Å²) >= 11 is 5.91. The second kappa shape index (κ2) is 7.55. The van der Waals surface area contributed by atoms with Gasteiger partial charge in [-0.2, -0.15) is 8.42 Å². The Kier molecular flexibility index (Phi) is 5.14. The van der Waals surface area contributed by atoms with E-state index in [0.29, 0.717) is 23.1 Å². The quantitative estimate of drug-likeness (QED) is 0.839. The fourth-order valence-electron chi connectivity index (χ4n) is 3.29. The number of fused-ring (bicyclic) bond motifs is 1. The molecule has 2 aliphatic rings. The first-order valence-electron chi connectivity index (χ1n) is 8.75. The van der Waals surface area contributed by atoms with E-state index in [1.165, 1.54) is 6.07 Å². The molecule has 142 valence electrons. The molecule has 0 atom stereocenters. The molecule has 1 fully saturated rings. The molecule has 4 rings (SSSR count). The summed E-state index contributed by atoms with van der Waals surface area (Å²) in [6, 6.07) is 10.7. The number of rotatable bonds is 4. The van der Waals surface area contributed by atoms with Crippen LogP contribution < -0.4 is 5.32 Å².